The predicted molar refractivity (Wildman–Crippen MR) is 94.0 cm³/mol. The first-order valence-electron chi connectivity index (χ1n) is 6.72. The van der Waals surface area contributed by atoms with Crippen LogP contribution in [0.3, 0.4) is 0 Å². The van der Waals surface area contributed by atoms with Gasteiger partial charge in [-0.05, 0) is 23.8 Å². The van der Waals surface area contributed by atoms with Crippen LogP contribution < -0.4 is 0 Å². The van der Waals surface area contributed by atoms with Gasteiger partial charge >= 0.3 is 6.18 Å². The van der Waals surface area contributed by atoms with Gasteiger partial charge in [-0.3, -0.25) is 0 Å². The summed E-state index contributed by atoms with van der Waals surface area (Å²) in [7, 11) is 0. The molecule has 0 bridgehead atoms. The number of aromatic nitrogens is 1. The molecular weight excluding hydrogens is 382 g/mol. The molecule has 3 aromatic rings. The summed E-state index contributed by atoms with van der Waals surface area (Å²) in [6.45, 7) is 0. The Hall–Kier alpha value is -1.49. The van der Waals surface area contributed by atoms with Gasteiger partial charge in [-0.1, -0.05) is 41.9 Å². The minimum absolute atomic E-state index is 0. The van der Waals surface area contributed by atoms with E-state index in [1.807, 2.05) is 0 Å². The molecule has 3 rings (SSSR count). The van der Waals surface area contributed by atoms with Crippen LogP contribution >= 0.6 is 35.6 Å². The van der Waals surface area contributed by atoms with Gasteiger partial charge in [-0.15, -0.1) is 24.0 Å². The number of pyridine rings is 1. The molecule has 0 atom stereocenters. The van der Waals surface area contributed by atoms with Crippen LogP contribution in [0.5, 0.6) is 0 Å². The number of fused-ring (bicyclic) bond motifs is 1. The number of benzene rings is 2. The van der Waals surface area contributed by atoms with Crippen LogP contribution in [0.15, 0.2) is 48.5 Å². The Morgan fingerprint density at radius 2 is 1.71 bits per heavy atom. The third kappa shape index (κ3) is 3.46. The van der Waals surface area contributed by atoms with Crippen molar-refractivity contribution < 1.29 is 13.2 Å². The molecule has 1 aromatic heterocycles. The lowest BCUT2D eigenvalue weighted by atomic mass is 9.99. The minimum Gasteiger partial charge on any atom is -0.246 e. The number of para-hydroxylation sites is 1. The lowest BCUT2D eigenvalue weighted by Crippen LogP contribution is -2.08. The number of hydrogen-bond donors (Lipinski definition) is 0. The molecule has 24 heavy (non-hydrogen) atoms. The van der Waals surface area contributed by atoms with Crippen LogP contribution in [0.4, 0.5) is 13.2 Å². The zero-order chi connectivity index (χ0) is 16.6. The van der Waals surface area contributed by atoms with Gasteiger partial charge in [0.1, 0.15) is 0 Å². The highest BCUT2D eigenvalue weighted by Gasteiger charge is 2.34. The molecule has 0 radical (unpaired) electrons. The summed E-state index contributed by atoms with van der Waals surface area (Å²) in [4.78, 5) is 4.37. The normalized spacial score (nSPS) is 11.4. The van der Waals surface area contributed by atoms with Crippen LogP contribution in [0.2, 0.25) is 5.02 Å². The van der Waals surface area contributed by atoms with Crippen molar-refractivity contribution in [1.82, 2.24) is 4.98 Å². The summed E-state index contributed by atoms with van der Waals surface area (Å²) in [6.07, 6.45) is -4.47. The minimum atomic E-state index is -4.47. The highest BCUT2D eigenvalue weighted by Crippen LogP contribution is 2.38. The zero-order valence-electron chi connectivity index (χ0n) is 12.1. The quantitative estimate of drug-likeness (QED) is 0.440. The summed E-state index contributed by atoms with van der Waals surface area (Å²) >= 11 is 12.1. The molecule has 0 aliphatic carbocycles. The van der Waals surface area contributed by atoms with E-state index in [-0.39, 0.29) is 29.5 Å². The van der Waals surface area contributed by atoms with E-state index in [1.165, 1.54) is 12.1 Å². The lowest BCUT2D eigenvalue weighted by molar-refractivity contribution is -0.137. The maximum atomic E-state index is 13.3. The largest absolute Gasteiger partial charge is 0.417 e. The molecule has 1 heterocycles. The highest BCUT2D eigenvalue weighted by atomic mass is 35.5. The monoisotopic (exact) mass is 391 g/mol. The van der Waals surface area contributed by atoms with Crippen molar-refractivity contribution in [1.29, 1.82) is 0 Å². The Kier molecular flexibility index (Phi) is 5.63. The summed E-state index contributed by atoms with van der Waals surface area (Å²) in [5.41, 5.74) is 0.435. The first-order valence-corrected chi connectivity index (χ1v) is 7.64. The number of nitrogens with zero attached hydrogens (tertiary/aromatic N) is 1. The summed E-state index contributed by atoms with van der Waals surface area (Å²) in [5.74, 6) is 0.0526. The molecule has 126 valence electrons. The molecule has 0 amide bonds. The van der Waals surface area contributed by atoms with Crippen molar-refractivity contribution in [3.05, 3.63) is 64.7 Å². The Bertz CT molecular complexity index is 879. The second-order valence-electron chi connectivity index (χ2n) is 4.98. The smallest absolute Gasteiger partial charge is 0.246 e. The average molecular weight is 393 g/mol. The molecule has 0 saturated carbocycles. The highest BCUT2D eigenvalue weighted by molar-refractivity contribution is 6.35. The maximum absolute atomic E-state index is 13.3. The van der Waals surface area contributed by atoms with Crippen molar-refractivity contribution in [2.24, 2.45) is 0 Å². The van der Waals surface area contributed by atoms with Crippen LogP contribution in [0, 0.1) is 0 Å². The molecule has 1 nitrogen and oxygen atoms in total. The maximum Gasteiger partial charge on any atom is 0.417 e. The van der Waals surface area contributed by atoms with E-state index >= 15 is 0 Å². The van der Waals surface area contributed by atoms with Gasteiger partial charge in [0.15, 0.2) is 0 Å². The molecule has 7 heteroatoms. The van der Waals surface area contributed by atoms with Crippen LogP contribution in [0.25, 0.3) is 22.2 Å². The third-order valence-electron chi connectivity index (χ3n) is 3.51. The fraction of sp³-hybridized carbons (Fsp3) is 0.118. The van der Waals surface area contributed by atoms with Gasteiger partial charge in [-0.25, -0.2) is 4.98 Å². The summed E-state index contributed by atoms with van der Waals surface area (Å²) in [6, 6.07) is 12.2. The second-order valence-corrected chi connectivity index (χ2v) is 5.66. The SMILES string of the molecule is Cl.FC(F)(F)c1ccccc1-c1nc2c(Cl)cccc2cc1CCl. The summed E-state index contributed by atoms with van der Waals surface area (Å²) < 4.78 is 39.8. The van der Waals surface area contributed by atoms with E-state index in [4.69, 9.17) is 23.2 Å². The molecule has 0 saturated heterocycles. The zero-order valence-corrected chi connectivity index (χ0v) is 14.4. The first kappa shape index (κ1) is 18.8. The van der Waals surface area contributed by atoms with Gasteiger partial charge in [-0.2, -0.15) is 13.2 Å². The van der Waals surface area contributed by atoms with E-state index in [1.54, 1.807) is 30.3 Å². The Morgan fingerprint density at radius 1 is 1.00 bits per heavy atom. The van der Waals surface area contributed by atoms with Gasteiger partial charge in [0, 0.05) is 16.8 Å². The fourth-order valence-corrected chi connectivity index (χ4v) is 2.91. The number of rotatable bonds is 2. The molecule has 0 aliphatic rings. The number of halogens is 6. The Morgan fingerprint density at radius 3 is 2.38 bits per heavy atom. The van der Waals surface area contributed by atoms with E-state index in [2.05, 4.69) is 4.98 Å². The van der Waals surface area contributed by atoms with Crippen molar-refractivity contribution in [2.75, 3.05) is 0 Å². The number of alkyl halides is 4. The molecule has 0 unspecified atom stereocenters. The average Bonchev–Trinajstić information content (AvgIpc) is 2.53. The van der Waals surface area contributed by atoms with E-state index in [0.29, 0.717) is 16.1 Å². The predicted octanol–water partition coefficient (Wildman–Crippen LogP) is 6.73. The standard InChI is InChI=1S/C17H10Cl2F3N.ClH/c18-9-11-8-10-4-3-7-14(19)16(10)23-15(11)12-5-1-2-6-13(12)17(20,21)22;/h1-8H,9H2;1H. The molecule has 0 fully saturated rings. The molecule has 0 spiro atoms. The summed E-state index contributed by atoms with van der Waals surface area (Å²) in [5, 5.41) is 1.12. The van der Waals surface area contributed by atoms with Gasteiger partial charge < -0.3 is 0 Å². The topological polar surface area (TPSA) is 12.9 Å². The molecule has 0 aliphatic heterocycles. The van der Waals surface area contributed by atoms with Gasteiger partial charge in [0.2, 0.25) is 0 Å². The van der Waals surface area contributed by atoms with Gasteiger partial charge in [0.25, 0.3) is 0 Å². The van der Waals surface area contributed by atoms with Crippen molar-refractivity contribution >= 4 is 46.5 Å². The van der Waals surface area contributed by atoms with E-state index in [0.717, 1.165) is 11.5 Å². The van der Waals surface area contributed by atoms with Crippen molar-refractivity contribution in [3.8, 4) is 11.3 Å². The van der Waals surface area contributed by atoms with E-state index in [9.17, 15) is 13.2 Å². The second kappa shape index (κ2) is 7.18. The Balaban J connectivity index is 0.00000208. The van der Waals surface area contributed by atoms with Crippen LogP contribution in [-0.4, -0.2) is 4.98 Å². The van der Waals surface area contributed by atoms with Crippen molar-refractivity contribution in [3.63, 3.8) is 0 Å². The molecular formula is C17H11Cl3F3N. The Labute approximate surface area is 152 Å². The van der Waals surface area contributed by atoms with Crippen LogP contribution in [-0.2, 0) is 12.1 Å². The molecule has 0 N–H and O–H groups in total. The lowest BCUT2D eigenvalue weighted by Gasteiger charge is -2.15. The van der Waals surface area contributed by atoms with Crippen molar-refractivity contribution in [2.45, 2.75) is 12.1 Å². The van der Waals surface area contributed by atoms with Gasteiger partial charge in [0.05, 0.1) is 21.8 Å². The first-order chi connectivity index (χ1) is 10.9. The van der Waals surface area contributed by atoms with E-state index < -0.39 is 11.7 Å². The number of hydrogen-bond acceptors (Lipinski definition) is 1. The van der Waals surface area contributed by atoms with Crippen LogP contribution in [0.1, 0.15) is 11.1 Å². The third-order valence-corrected chi connectivity index (χ3v) is 4.10. The fourth-order valence-electron chi connectivity index (χ4n) is 2.48. The molecule has 2 aromatic carbocycles.